The molecule has 0 saturated carbocycles. The third-order valence-corrected chi connectivity index (χ3v) is 0.957. The molecule has 0 aliphatic rings. The number of carbonyl (C=O) groups is 1. The summed E-state index contributed by atoms with van der Waals surface area (Å²) in [5.41, 5.74) is 0. The Hall–Kier alpha value is 0.340. The molecule has 0 radical (unpaired) electrons. The van der Waals surface area contributed by atoms with Crippen molar-refractivity contribution in [3.05, 3.63) is 0 Å². The molecular weight excluding hydrogens is 295 g/mol. The van der Waals surface area contributed by atoms with Crippen LogP contribution >= 0.6 is 0 Å². The predicted octanol–water partition coefficient (Wildman–Crippen LogP) is 2.28. The third kappa shape index (κ3) is 40.3. The van der Waals surface area contributed by atoms with Gasteiger partial charge in [-0.1, -0.05) is 39.5 Å². The van der Waals surface area contributed by atoms with Crippen LogP contribution in [0.1, 0.15) is 39.5 Å². The second-order valence-electron chi connectivity index (χ2n) is 1.81. The van der Waals surface area contributed by atoms with E-state index in [1.54, 1.807) is 0 Å². The van der Waals surface area contributed by atoms with Crippen molar-refractivity contribution in [3.63, 3.8) is 0 Å². The summed E-state index contributed by atoms with van der Waals surface area (Å²) in [5.74, 6) is 0. The smallest absolute Gasteiger partial charge is 0.290 e. The van der Waals surface area contributed by atoms with E-state index in [9.17, 15) is 0 Å². The fourth-order valence-electron chi connectivity index (χ4n) is 0.500. The van der Waals surface area contributed by atoms with Gasteiger partial charge in [0.15, 0.2) is 0 Å². The van der Waals surface area contributed by atoms with E-state index in [4.69, 9.17) is 9.90 Å². The van der Waals surface area contributed by atoms with Crippen LogP contribution in [-0.2, 0) is 30.6 Å². The average molecular weight is 311 g/mol. The molecule has 0 aliphatic heterocycles. The van der Waals surface area contributed by atoms with Crippen LogP contribution in [-0.4, -0.2) is 11.6 Å². The van der Waals surface area contributed by atoms with Gasteiger partial charge in [0.05, 0.1) is 0 Å². The van der Waals surface area contributed by atoms with Gasteiger partial charge in [-0.15, -0.1) is 0 Å². The SMILES string of the molecule is CCCCCC.O=CO.[Hf]. The van der Waals surface area contributed by atoms with Crippen LogP contribution < -0.4 is 0 Å². The van der Waals surface area contributed by atoms with Crippen molar-refractivity contribution in [2.24, 2.45) is 0 Å². The Morgan fingerprint density at radius 1 is 1.20 bits per heavy atom. The van der Waals surface area contributed by atoms with Gasteiger partial charge in [0, 0.05) is 25.8 Å². The van der Waals surface area contributed by atoms with E-state index in [0.717, 1.165) is 0 Å². The summed E-state index contributed by atoms with van der Waals surface area (Å²) in [6, 6.07) is 0. The largest absolute Gasteiger partial charge is 0.483 e. The molecule has 0 amide bonds. The first-order valence-electron chi connectivity index (χ1n) is 3.41. The van der Waals surface area contributed by atoms with E-state index >= 15 is 0 Å². The van der Waals surface area contributed by atoms with E-state index in [0.29, 0.717) is 0 Å². The fourth-order valence-corrected chi connectivity index (χ4v) is 0.500. The Balaban J connectivity index is -0.000000107. The van der Waals surface area contributed by atoms with E-state index in [1.165, 1.54) is 25.7 Å². The van der Waals surface area contributed by atoms with Gasteiger partial charge >= 0.3 is 0 Å². The van der Waals surface area contributed by atoms with Gasteiger partial charge in [-0.25, -0.2) is 0 Å². The second-order valence-corrected chi connectivity index (χ2v) is 1.81. The molecule has 0 atom stereocenters. The van der Waals surface area contributed by atoms with Crippen LogP contribution in [0.25, 0.3) is 0 Å². The van der Waals surface area contributed by atoms with Crippen molar-refractivity contribution in [1.29, 1.82) is 0 Å². The quantitative estimate of drug-likeness (QED) is 0.493. The number of rotatable bonds is 3. The van der Waals surface area contributed by atoms with Crippen molar-refractivity contribution >= 4 is 6.47 Å². The Kier molecular flexibility index (Phi) is 38.1. The minimum absolute atomic E-state index is 0. The molecule has 60 valence electrons. The molecule has 3 heteroatoms. The van der Waals surface area contributed by atoms with Crippen LogP contribution in [0.2, 0.25) is 0 Å². The molecule has 0 bridgehead atoms. The minimum Gasteiger partial charge on any atom is -0.483 e. The van der Waals surface area contributed by atoms with Crippen molar-refractivity contribution < 1.29 is 35.7 Å². The summed E-state index contributed by atoms with van der Waals surface area (Å²) in [5, 5.41) is 6.89. The van der Waals surface area contributed by atoms with Crippen LogP contribution in [0, 0.1) is 0 Å². The van der Waals surface area contributed by atoms with Gasteiger partial charge < -0.3 is 5.11 Å². The summed E-state index contributed by atoms with van der Waals surface area (Å²) < 4.78 is 0. The summed E-state index contributed by atoms with van der Waals surface area (Å²) in [6.45, 7) is 4.21. The second kappa shape index (κ2) is 22.8. The first-order chi connectivity index (χ1) is 4.33. The molecule has 10 heavy (non-hydrogen) atoms. The first kappa shape index (κ1) is 16.7. The molecular formula is C7H16HfO2. The molecule has 0 spiro atoms. The van der Waals surface area contributed by atoms with Gasteiger partial charge in [0.2, 0.25) is 0 Å². The Bertz CT molecular complexity index is 44.9. The number of hydrogen-bond donors (Lipinski definition) is 1. The van der Waals surface area contributed by atoms with E-state index < -0.39 is 0 Å². The Morgan fingerprint density at radius 3 is 1.50 bits per heavy atom. The van der Waals surface area contributed by atoms with E-state index in [-0.39, 0.29) is 32.3 Å². The predicted molar refractivity (Wildman–Crippen MR) is 38.5 cm³/mol. The minimum atomic E-state index is -0.250. The standard InChI is InChI=1S/C6H14.CH2O2.Hf/c1-3-5-6-4-2;2-1-3;/h3-6H2,1-2H3;1H,(H,2,3);. The van der Waals surface area contributed by atoms with Crippen molar-refractivity contribution in [2.45, 2.75) is 39.5 Å². The van der Waals surface area contributed by atoms with E-state index in [2.05, 4.69) is 13.8 Å². The monoisotopic (exact) mass is 312 g/mol. The molecule has 1 N–H and O–H groups in total. The number of unbranched alkanes of at least 4 members (excludes halogenated alkanes) is 3. The normalized spacial score (nSPS) is 6.60. The zero-order chi connectivity index (χ0) is 7.54. The number of carboxylic acid groups (broad SMARTS) is 1. The molecule has 0 rings (SSSR count). The third-order valence-electron chi connectivity index (χ3n) is 0.957. The molecule has 0 aliphatic carbocycles. The topological polar surface area (TPSA) is 37.3 Å². The molecule has 0 aromatic heterocycles. The van der Waals surface area contributed by atoms with Gasteiger partial charge in [-0.3, -0.25) is 4.79 Å². The van der Waals surface area contributed by atoms with E-state index in [1.807, 2.05) is 0 Å². The van der Waals surface area contributed by atoms with Gasteiger partial charge in [0.25, 0.3) is 6.47 Å². The summed E-state index contributed by atoms with van der Waals surface area (Å²) >= 11 is 0. The molecule has 0 saturated heterocycles. The molecule has 0 heterocycles. The molecule has 0 aromatic rings. The molecule has 0 fully saturated rings. The maximum Gasteiger partial charge on any atom is 0.290 e. The van der Waals surface area contributed by atoms with Gasteiger partial charge in [0.1, 0.15) is 0 Å². The fraction of sp³-hybridized carbons (Fsp3) is 0.857. The molecule has 0 unspecified atom stereocenters. The van der Waals surface area contributed by atoms with Gasteiger partial charge in [-0.05, 0) is 0 Å². The van der Waals surface area contributed by atoms with Crippen molar-refractivity contribution in [3.8, 4) is 0 Å². The van der Waals surface area contributed by atoms with Crippen LogP contribution in [0.3, 0.4) is 0 Å². The zero-order valence-electron chi connectivity index (χ0n) is 6.76. The van der Waals surface area contributed by atoms with Crippen LogP contribution in [0.15, 0.2) is 0 Å². The van der Waals surface area contributed by atoms with Crippen LogP contribution in [0.5, 0.6) is 0 Å². The Morgan fingerprint density at radius 2 is 1.40 bits per heavy atom. The Labute approximate surface area is 81.8 Å². The van der Waals surface area contributed by atoms with Gasteiger partial charge in [-0.2, -0.15) is 0 Å². The molecule has 2 nitrogen and oxygen atoms in total. The number of hydrogen-bond acceptors (Lipinski definition) is 1. The summed E-state index contributed by atoms with van der Waals surface area (Å²) in [7, 11) is 0. The zero-order valence-corrected chi connectivity index (χ0v) is 10.4. The average Bonchev–Trinajstić information content (AvgIpc) is 1.86. The maximum atomic E-state index is 8.36. The summed E-state index contributed by atoms with van der Waals surface area (Å²) in [4.78, 5) is 8.36. The van der Waals surface area contributed by atoms with Crippen LogP contribution in [0.4, 0.5) is 0 Å². The first-order valence-corrected chi connectivity index (χ1v) is 3.41. The van der Waals surface area contributed by atoms with Crippen molar-refractivity contribution in [1.82, 2.24) is 0 Å². The maximum absolute atomic E-state index is 8.36. The summed E-state index contributed by atoms with van der Waals surface area (Å²) in [6.07, 6.45) is 5.54. The van der Waals surface area contributed by atoms with Crippen molar-refractivity contribution in [2.75, 3.05) is 0 Å². The molecule has 0 aromatic carbocycles.